The normalized spacial score (nSPS) is 17.2. The van der Waals surface area contributed by atoms with E-state index in [0.717, 1.165) is 19.5 Å². The number of likely N-dealkylation sites (tertiary alicyclic amines) is 1. The molecule has 0 bridgehead atoms. The molecule has 23 heavy (non-hydrogen) atoms. The molecule has 1 saturated heterocycles. The van der Waals surface area contributed by atoms with Gasteiger partial charge in [0.1, 0.15) is 0 Å². The van der Waals surface area contributed by atoms with E-state index in [4.69, 9.17) is 0 Å². The average molecular weight is 315 g/mol. The summed E-state index contributed by atoms with van der Waals surface area (Å²) in [4.78, 5) is 30.4. The van der Waals surface area contributed by atoms with Crippen molar-refractivity contribution in [3.8, 4) is 0 Å². The number of H-pyrrole nitrogens is 1. The van der Waals surface area contributed by atoms with Gasteiger partial charge in [-0.05, 0) is 50.4 Å². The first-order valence-corrected chi connectivity index (χ1v) is 8.52. The number of para-hydroxylation sites is 1. The summed E-state index contributed by atoms with van der Waals surface area (Å²) in [5, 5.41) is 0.580. The summed E-state index contributed by atoms with van der Waals surface area (Å²) in [7, 11) is 0. The van der Waals surface area contributed by atoms with E-state index >= 15 is 0 Å². The van der Waals surface area contributed by atoms with Gasteiger partial charge in [0.25, 0.3) is 5.56 Å². The van der Waals surface area contributed by atoms with Crippen LogP contribution in [0.15, 0.2) is 33.9 Å². The highest BCUT2D eigenvalue weighted by atomic mass is 16.2. The fraction of sp³-hybridized carbons (Fsp3) is 0.556. The number of nitrogens with one attached hydrogen (secondary N) is 1. The number of fused-ring (bicyclic) bond motifs is 1. The zero-order chi connectivity index (χ0) is 16.4. The van der Waals surface area contributed by atoms with E-state index in [1.54, 1.807) is 12.1 Å². The molecule has 1 aliphatic rings. The Morgan fingerprint density at radius 2 is 1.83 bits per heavy atom. The standard InChI is InChI=1S/C18H25N3O2/c1-13(2)11-14(20-9-5-6-10-20)12-21-17(22)15-7-3-4-8-16(15)19-18(21)23/h3-4,7-8,13-14H,5-6,9-12H2,1-2H3,(H,19,23)/t14-/m0/s1. The van der Waals surface area contributed by atoms with Crippen molar-refractivity contribution in [2.75, 3.05) is 13.1 Å². The Hall–Kier alpha value is -1.88. The SMILES string of the molecule is CC(C)C[C@@H](Cn1c(=O)[nH]c2ccccc2c1=O)N1CCCC1. The van der Waals surface area contributed by atoms with Gasteiger partial charge < -0.3 is 4.98 Å². The number of nitrogens with zero attached hydrogens (tertiary/aromatic N) is 2. The summed E-state index contributed by atoms with van der Waals surface area (Å²) < 4.78 is 1.38. The largest absolute Gasteiger partial charge is 0.328 e. The van der Waals surface area contributed by atoms with Crippen LogP contribution in [0.3, 0.4) is 0 Å². The Labute approximate surface area is 135 Å². The van der Waals surface area contributed by atoms with E-state index in [2.05, 4.69) is 23.7 Å². The van der Waals surface area contributed by atoms with Gasteiger partial charge in [0, 0.05) is 12.6 Å². The van der Waals surface area contributed by atoms with Crippen LogP contribution in [0.1, 0.15) is 33.1 Å². The number of aromatic amines is 1. The summed E-state index contributed by atoms with van der Waals surface area (Å²) in [5.74, 6) is 0.538. The lowest BCUT2D eigenvalue weighted by atomic mass is 10.0. The molecule has 1 N–H and O–H groups in total. The number of rotatable bonds is 5. The molecule has 2 heterocycles. The van der Waals surface area contributed by atoms with Crippen molar-refractivity contribution in [2.45, 2.75) is 45.7 Å². The molecule has 3 rings (SSSR count). The van der Waals surface area contributed by atoms with Gasteiger partial charge >= 0.3 is 5.69 Å². The van der Waals surface area contributed by atoms with Gasteiger partial charge in [-0.3, -0.25) is 14.3 Å². The van der Waals surface area contributed by atoms with E-state index in [-0.39, 0.29) is 17.3 Å². The highest BCUT2D eigenvalue weighted by Crippen LogP contribution is 2.18. The Bertz CT molecular complexity index is 785. The third-order valence-electron chi connectivity index (χ3n) is 4.68. The lowest BCUT2D eigenvalue weighted by Crippen LogP contribution is -2.44. The lowest BCUT2D eigenvalue weighted by Gasteiger charge is -2.29. The molecule has 1 aromatic carbocycles. The molecule has 0 radical (unpaired) electrons. The van der Waals surface area contributed by atoms with Gasteiger partial charge in [0.2, 0.25) is 0 Å². The molecule has 2 aromatic rings. The fourth-order valence-electron chi connectivity index (χ4n) is 3.57. The Morgan fingerprint density at radius 1 is 1.13 bits per heavy atom. The van der Waals surface area contributed by atoms with Crippen LogP contribution < -0.4 is 11.2 Å². The maximum absolute atomic E-state index is 12.7. The highest BCUT2D eigenvalue weighted by Gasteiger charge is 2.24. The van der Waals surface area contributed by atoms with Gasteiger partial charge in [-0.1, -0.05) is 26.0 Å². The first-order chi connectivity index (χ1) is 11.1. The van der Waals surface area contributed by atoms with Crippen LogP contribution >= 0.6 is 0 Å². The Balaban J connectivity index is 1.97. The minimum atomic E-state index is -0.304. The van der Waals surface area contributed by atoms with Crippen LogP contribution in [0.2, 0.25) is 0 Å². The number of hydrogen-bond acceptors (Lipinski definition) is 3. The minimum absolute atomic E-state index is 0.183. The molecule has 0 unspecified atom stereocenters. The van der Waals surface area contributed by atoms with Crippen LogP contribution in [0.25, 0.3) is 10.9 Å². The van der Waals surface area contributed by atoms with Crippen LogP contribution in [0.5, 0.6) is 0 Å². The van der Waals surface area contributed by atoms with E-state index < -0.39 is 0 Å². The molecule has 1 aliphatic heterocycles. The van der Waals surface area contributed by atoms with Crippen LogP contribution in [0, 0.1) is 5.92 Å². The first-order valence-electron chi connectivity index (χ1n) is 8.52. The molecule has 0 aliphatic carbocycles. The average Bonchev–Trinajstić information content (AvgIpc) is 3.04. The summed E-state index contributed by atoms with van der Waals surface area (Å²) >= 11 is 0. The molecular formula is C18H25N3O2. The van der Waals surface area contributed by atoms with Crippen molar-refractivity contribution < 1.29 is 0 Å². The van der Waals surface area contributed by atoms with E-state index in [0.29, 0.717) is 23.4 Å². The fourth-order valence-corrected chi connectivity index (χ4v) is 3.57. The second-order valence-electron chi connectivity index (χ2n) is 6.92. The molecule has 1 atom stereocenters. The summed E-state index contributed by atoms with van der Waals surface area (Å²) in [6, 6.07) is 7.45. The van der Waals surface area contributed by atoms with Crippen LogP contribution in [0.4, 0.5) is 0 Å². The molecule has 5 heteroatoms. The van der Waals surface area contributed by atoms with Crippen molar-refractivity contribution in [2.24, 2.45) is 5.92 Å². The summed E-state index contributed by atoms with van der Waals surface area (Å²) in [6.07, 6.45) is 3.41. The molecule has 0 amide bonds. The molecule has 0 saturated carbocycles. The van der Waals surface area contributed by atoms with Gasteiger partial charge in [0.05, 0.1) is 10.9 Å². The predicted octanol–water partition coefficient (Wildman–Crippen LogP) is 2.20. The van der Waals surface area contributed by atoms with Crippen molar-refractivity contribution in [1.29, 1.82) is 0 Å². The Morgan fingerprint density at radius 3 is 2.52 bits per heavy atom. The number of aromatic nitrogens is 2. The summed E-state index contributed by atoms with van der Waals surface area (Å²) in [5.41, 5.74) is 0.124. The predicted molar refractivity (Wildman–Crippen MR) is 92.9 cm³/mol. The van der Waals surface area contributed by atoms with Crippen molar-refractivity contribution in [3.63, 3.8) is 0 Å². The third kappa shape index (κ3) is 3.39. The molecule has 124 valence electrons. The molecule has 5 nitrogen and oxygen atoms in total. The third-order valence-corrected chi connectivity index (χ3v) is 4.68. The zero-order valence-corrected chi connectivity index (χ0v) is 13.9. The topological polar surface area (TPSA) is 58.1 Å². The van der Waals surface area contributed by atoms with Crippen molar-refractivity contribution in [3.05, 3.63) is 45.1 Å². The van der Waals surface area contributed by atoms with Crippen LogP contribution in [-0.4, -0.2) is 33.6 Å². The van der Waals surface area contributed by atoms with Gasteiger partial charge in [0.15, 0.2) is 0 Å². The smallest absolute Gasteiger partial charge is 0.307 e. The number of hydrogen-bond donors (Lipinski definition) is 1. The van der Waals surface area contributed by atoms with Crippen LogP contribution in [-0.2, 0) is 6.54 Å². The van der Waals surface area contributed by atoms with E-state index in [1.165, 1.54) is 17.4 Å². The second-order valence-corrected chi connectivity index (χ2v) is 6.92. The first kappa shape index (κ1) is 16.0. The lowest BCUT2D eigenvalue weighted by molar-refractivity contribution is 0.188. The highest BCUT2D eigenvalue weighted by molar-refractivity contribution is 5.76. The number of benzene rings is 1. The Kier molecular flexibility index (Phi) is 4.66. The van der Waals surface area contributed by atoms with Gasteiger partial charge in [-0.2, -0.15) is 0 Å². The zero-order valence-electron chi connectivity index (χ0n) is 13.9. The monoisotopic (exact) mass is 315 g/mol. The van der Waals surface area contributed by atoms with Crippen molar-refractivity contribution >= 4 is 10.9 Å². The molecule has 1 aromatic heterocycles. The summed E-state index contributed by atoms with van der Waals surface area (Å²) in [6.45, 7) is 6.99. The molecule has 0 spiro atoms. The van der Waals surface area contributed by atoms with E-state index in [9.17, 15) is 9.59 Å². The van der Waals surface area contributed by atoms with Gasteiger partial charge in [-0.25, -0.2) is 4.79 Å². The van der Waals surface area contributed by atoms with E-state index in [1.807, 2.05) is 12.1 Å². The molecule has 1 fully saturated rings. The molecular weight excluding hydrogens is 290 g/mol. The quantitative estimate of drug-likeness (QED) is 0.920. The van der Waals surface area contributed by atoms with Crippen molar-refractivity contribution in [1.82, 2.24) is 14.5 Å². The van der Waals surface area contributed by atoms with Gasteiger partial charge in [-0.15, -0.1) is 0 Å². The maximum Gasteiger partial charge on any atom is 0.328 e. The second kappa shape index (κ2) is 6.71. The minimum Gasteiger partial charge on any atom is -0.307 e. The maximum atomic E-state index is 12.7.